The lowest BCUT2D eigenvalue weighted by atomic mass is 10.2. The molecule has 0 radical (unpaired) electrons. The number of nitrogens with zero attached hydrogens (tertiary/aromatic N) is 5. The van der Waals surface area contributed by atoms with Crippen LogP contribution in [0.15, 0.2) is 36.7 Å². The minimum atomic E-state index is 0.251. The molecule has 2 N–H and O–H groups in total. The first-order valence-corrected chi connectivity index (χ1v) is 10.7. The van der Waals surface area contributed by atoms with Crippen LogP contribution in [0.3, 0.4) is 0 Å². The third-order valence-electron chi connectivity index (χ3n) is 5.34. The first-order chi connectivity index (χ1) is 14.6. The molecule has 1 amide bonds. The maximum atomic E-state index is 11.8. The van der Waals surface area contributed by atoms with Crippen molar-refractivity contribution in [2.24, 2.45) is 0 Å². The number of amides is 1. The van der Waals surface area contributed by atoms with E-state index in [1.165, 1.54) is 5.56 Å². The van der Waals surface area contributed by atoms with E-state index in [-0.39, 0.29) is 11.9 Å². The van der Waals surface area contributed by atoms with Crippen LogP contribution >= 0.6 is 0 Å². The van der Waals surface area contributed by atoms with Gasteiger partial charge in [-0.15, -0.1) is 0 Å². The molecule has 0 saturated carbocycles. The number of hydrogen-bond donors (Lipinski definition) is 2. The molecule has 1 aliphatic heterocycles. The highest BCUT2D eigenvalue weighted by Gasteiger charge is 2.19. The van der Waals surface area contributed by atoms with Crippen molar-refractivity contribution >= 4 is 28.8 Å². The van der Waals surface area contributed by atoms with E-state index >= 15 is 0 Å². The molecule has 3 heterocycles. The van der Waals surface area contributed by atoms with Crippen LogP contribution in [0.25, 0.3) is 11.2 Å². The second-order valence-corrected chi connectivity index (χ2v) is 7.92. The van der Waals surface area contributed by atoms with Crippen molar-refractivity contribution in [3.63, 3.8) is 0 Å². The summed E-state index contributed by atoms with van der Waals surface area (Å²) in [6.07, 6.45) is 4.34. The van der Waals surface area contributed by atoms with Crippen molar-refractivity contribution in [3.8, 4) is 0 Å². The van der Waals surface area contributed by atoms with Gasteiger partial charge < -0.3 is 20.1 Å². The molecule has 4 rings (SSSR count). The van der Waals surface area contributed by atoms with E-state index in [1.807, 2.05) is 29.4 Å². The van der Waals surface area contributed by atoms with Crippen molar-refractivity contribution in [2.45, 2.75) is 45.7 Å². The van der Waals surface area contributed by atoms with Crippen LogP contribution in [0.2, 0.25) is 0 Å². The molecule has 1 saturated heterocycles. The van der Waals surface area contributed by atoms with Gasteiger partial charge >= 0.3 is 0 Å². The summed E-state index contributed by atoms with van der Waals surface area (Å²) in [4.78, 5) is 27.6. The van der Waals surface area contributed by atoms with E-state index in [2.05, 4.69) is 51.1 Å². The highest BCUT2D eigenvalue weighted by atomic mass is 16.2. The van der Waals surface area contributed by atoms with E-state index in [0.29, 0.717) is 25.5 Å². The summed E-state index contributed by atoms with van der Waals surface area (Å²) in [6, 6.07) is 10.5. The van der Waals surface area contributed by atoms with Crippen LogP contribution in [-0.2, 0) is 11.3 Å². The Hall–Kier alpha value is -3.16. The lowest BCUT2D eigenvalue weighted by molar-refractivity contribution is -0.127. The van der Waals surface area contributed by atoms with Crippen molar-refractivity contribution in [2.75, 3.05) is 30.3 Å². The fraction of sp³-hybridized carbons (Fsp3) is 0.455. The van der Waals surface area contributed by atoms with Gasteiger partial charge in [0.25, 0.3) is 0 Å². The second kappa shape index (κ2) is 9.11. The Labute approximate surface area is 176 Å². The maximum absolute atomic E-state index is 11.8. The van der Waals surface area contributed by atoms with Crippen molar-refractivity contribution in [1.82, 2.24) is 24.4 Å². The maximum Gasteiger partial charge on any atom is 0.226 e. The number of aromatic nitrogens is 4. The highest BCUT2D eigenvalue weighted by Crippen LogP contribution is 2.24. The van der Waals surface area contributed by atoms with Crippen LogP contribution in [0.1, 0.15) is 44.7 Å². The monoisotopic (exact) mass is 407 g/mol. The van der Waals surface area contributed by atoms with Crippen molar-refractivity contribution in [1.29, 1.82) is 0 Å². The zero-order valence-electron chi connectivity index (χ0n) is 17.6. The van der Waals surface area contributed by atoms with Gasteiger partial charge in [0.1, 0.15) is 0 Å². The zero-order valence-corrected chi connectivity index (χ0v) is 17.6. The summed E-state index contributed by atoms with van der Waals surface area (Å²) in [6.45, 7) is 7.25. The molecular formula is C22H29N7O. The van der Waals surface area contributed by atoms with Crippen molar-refractivity contribution < 1.29 is 4.79 Å². The number of fused-ring (bicyclic) bond motifs is 1. The highest BCUT2D eigenvalue weighted by molar-refractivity contribution is 5.84. The largest absolute Gasteiger partial charge is 0.364 e. The SMILES string of the molecule is CC(C)n1cnc2c(NCc3ccccc3)nc(NCCCN3CCCC3=O)nc21. The standard InChI is InChI=1S/C22H29N7O/c1-16(2)29-15-25-19-20(24-14-17-8-4-3-5-9-17)26-22(27-21(19)29)23-11-7-13-28-12-6-10-18(28)30/h3-5,8-9,15-16H,6-7,10-14H2,1-2H3,(H2,23,24,26,27). The summed E-state index contributed by atoms with van der Waals surface area (Å²) in [5.41, 5.74) is 2.76. The summed E-state index contributed by atoms with van der Waals surface area (Å²) in [5.74, 6) is 1.56. The smallest absolute Gasteiger partial charge is 0.226 e. The average Bonchev–Trinajstić information content (AvgIpc) is 3.36. The number of rotatable bonds is 9. The van der Waals surface area contributed by atoms with Crippen molar-refractivity contribution in [3.05, 3.63) is 42.2 Å². The Morgan fingerprint density at radius 1 is 1.13 bits per heavy atom. The first-order valence-electron chi connectivity index (χ1n) is 10.7. The number of carbonyl (C=O) groups excluding carboxylic acids is 1. The summed E-state index contributed by atoms with van der Waals surface area (Å²) in [7, 11) is 0. The fourth-order valence-corrected chi connectivity index (χ4v) is 3.69. The third-order valence-corrected chi connectivity index (χ3v) is 5.34. The molecule has 8 nitrogen and oxygen atoms in total. The van der Waals surface area contributed by atoms with Gasteiger partial charge in [0.2, 0.25) is 11.9 Å². The Kier molecular flexibility index (Phi) is 6.11. The lowest BCUT2D eigenvalue weighted by Gasteiger charge is -2.15. The number of carbonyl (C=O) groups is 1. The summed E-state index contributed by atoms with van der Waals surface area (Å²) >= 11 is 0. The second-order valence-electron chi connectivity index (χ2n) is 7.92. The van der Waals surface area contributed by atoms with Crippen LogP contribution in [0, 0.1) is 0 Å². The number of imidazole rings is 1. The van der Waals surface area contributed by atoms with E-state index < -0.39 is 0 Å². The molecule has 0 aliphatic carbocycles. The Bertz CT molecular complexity index is 999. The average molecular weight is 408 g/mol. The summed E-state index contributed by atoms with van der Waals surface area (Å²) in [5, 5.41) is 6.75. The first kappa shape index (κ1) is 20.1. The molecule has 3 aromatic rings. The minimum Gasteiger partial charge on any atom is -0.364 e. The van der Waals surface area contributed by atoms with E-state index in [1.54, 1.807) is 0 Å². The third kappa shape index (κ3) is 4.53. The van der Waals surface area contributed by atoms with Crippen LogP contribution in [0.4, 0.5) is 11.8 Å². The van der Waals surface area contributed by atoms with Crippen LogP contribution in [-0.4, -0.2) is 50.0 Å². The van der Waals surface area contributed by atoms with E-state index in [9.17, 15) is 4.79 Å². The molecular weight excluding hydrogens is 378 g/mol. The van der Waals surface area contributed by atoms with E-state index in [0.717, 1.165) is 42.9 Å². The molecule has 30 heavy (non-hydrogen) atoms. The molecule has 0 atom stereocenters. The molecule has 1 aromatic carbocycles. The number of benzene rings is 1. The van der Waals surface area contributed by atoms with Gasteiger partial charge in [-0.05, 0) is 32.3 Å². The van der Waals surface area contributed by atoms with Gasteiger partial charge in [-0.1, -0.05) is 30.3 Å². The number of hydrogen-bond acceptors (Lipinski definition) is 6. The molecule has 1 aliphatic rings. The van der Waals surface area contributed by atoms with Gasteiger partial charge in [-0.2, -0.15) is 9.97 Å². The van der Waals surface area contributed by atoms with Gasteiger partial charge in [0.15, 0.2) is 17.0 Å². The number of nitrogens with one attached hydrogen (secondary N) is 2. The zero-order chi connectivity index (χ0) is 20.9. The Morgan fingerprint density at radius 3 is 2.70 bits per heavy atom. The Balaban J connectivity index is 1.48. The molecule has 0 bridgehead atoms. The molecule has 2 aromatic heterocycles. The number of likely N-dealkylation sites (tertiary alicyclic amines) is 1. The van der Waals surface area contributed by atoms with E-state index in [4.69, 9.17) is 4.98 Å². The molecule has 0 unspecified atom stereocenters. The molecule has 8 heteroatoms. The van der Waals surface area contributed by atoms with Gasteiger partial charge in [0, 0.05) is 38.6 Å². The topological polar surface area (TPSA) is 88.0 Å². The van der Waals surface area contributed by atoms with Crippen LogP contribution in [0.5, 0.6) is 0 Å². The summed E-state index contributed by atoms with van der Waals surface area (Å²) < 4.78 is 2.05. The van der Waals surface area contributed by atoms with Crippen LogP contribution < -0.4 is 10.6 Å². The number of anilines is 2. The molecule has 0 spiro atoms. The normalized spacial score (nSPS) is 14.1. The molecule has 1 fully saturated rings. The lowest BCUT2D eigenvalue weighted by Crippen LogP contribution is -2.27. The van der Waals surface area contributed by atoms with Gasteiger partial charge in [-0.25, -0.2) is 4.98 Å². The quantitative estimate of drug-likeness (QED) is 0.528. The Morgan fingerprint density at radius 2 is 1.97 bits per heavy atom. The minimum absolute atomic E-state index is 0.251. The fourth-order valence-electron chi connectivity index (χ4n) is 3.69. The predicted octanol–water partition coefficient (Wildman–Crippen LogP) is 3.44. The molecule has 158 valence electrons. The predicted molar refractivity (Wildman–Crippen MR) is 118 cm³/mol. The van der Waals surface area contributed by atoms with Gasteiger partial charge in [-0.3, -0.25) is 4.79 Å². The van der Waals surface area contributed by atoms with Gasteiger partial charge in [0.05, 0.1) is 6.33 Å².